The van der Waals surface area contributed by atoms with Crippen LogP contribution in [0.25, 0.3) is 0 Å². The number of sulfonamides is 2. The lowest BCUT2D eigenvalue weighted by Crippen LogP contribution is -2.40. The Labute approximate surface area is 261 Å². The molecule has 14 heteroatoms. The molecular formula is C29H28N4O6S4. The summed E-state index contributed by atoms with van der Waals surface area (Å²) in [4.78, 5) is 0.00977. The number of anilines is 2. The molecular weight excluding hydrogens is 629 g/mol. The van der Waals surface area contributed by atoms with Crippen molar-refractivity contribution in [3.05, 3.63) is 108 Å². The van der Waals surface area contributed by atoms with Crippen molar-refractivity contribution in [2.75, 3.05) is 22.8 Å². The van der Waals surface area contributed by atoms with Crippen molar-refractivity contribution in [3.63, 3.8) is 0 Å². The quantitative estimate of drug-likeness (QED) is 0.239. The normalized spacial score (nSPS) is 11.4. The second-order valence-corrected chi connectivity index (χ2v) is 13.5. The zero-order valence-electron chi connectivity index (χ0n) is 23.1. The largest absolute Gasteiger partial charge is 0.497 e. The Balaban J connectivity index is 1.54. The van der Waals surface area contributed by atoms with Gasteiger partial charge in [0.15, 0.2) is 10.2 Å². The fourth-order valence-electron chi connectivity index (χ4n) is 4.21. The molecule has 10 nitrogen and oxygen atoms in total. The topological polar surface area (TPSA) is 145 Å². The summed E-state index contributed by atoms with van der Waals surface area (Å²) >= 11 is 10.2. The van der Waals surface area contributed by atoms with E-state index in [-0.39, 0.29) is 31.4 Å². The maximum Gasteiger partial charge on any atom is 0.270 e. The third-order valence-corrected chi connectivity index (χ3v) is 10.5. The Morgan fingerprint density at radius 1 is 0.581 bits per heavy atom. The summed E-state index contributed by atoms with van der Waals surface area (Å²) < 4.78 is 65.3. The van der Waals surface area contributed by atoms with Gasteiger partial charge in [0.2, 0.25) is 0 Å². The van der Waals surface area contributed by atoms with Crippen molar-refractivity contribution < 1.29 is 26.3 Å². The fourth-order valence-corrected chi connectivity index (χ4v) is 7.66. The average Bonchev–Trinajstić information content (AvgIpc) is 2.98. The predicted octanol–water partition coefficient (Wildman–Crippen LogP) is 4.17. The molecule has 0 saturated carbocycles. The highest BCUT2D eigenvalue weighted by Crippen LogP contribution is 2.28. The molecule has 224 valence electrons. The third kappa shape index (κ3) is 6.88. The van der Waals surface area contributed by atoms with E-state index in [9.17, 15) is 16.8 Å². The number of rotatable bonds is 10. The second-order valence-electron chi connectivity index (χ2n) is 9.08. The van der Waals surface area contributed by atoms with E-state index in [1.54, 1.807) is 48.5 Å². The van der Waals surface area contributed by atoms with Crippen LogP contribution in [0.3, 0.4) is 0 Å². The molecule has 0 aliphatic carbocycles. The molecule has 4 rings (SSSR count). The SMILES string of the molecule is COc1ccc(S(=O)(=O)N(C(N)=S)c2ccc(Cc3ccc(N(C(N)=S)S(=O)(=O)c4ccc(OC)cc4)cc3)cc2)cc1. The molecule has 0 fully saturated rings. The number of benzene rings is 4. The van der Waals surface area contributed by atoms with Gasteiger partial charge in [-0.15, -0.1) is 0 Å². The van der Waals surface area contributed by atoms with Crippen LogP contribution in [0.4, 0.5) is 11.4 Å². The van der Waals surface area contributed by atoms with E-state index in [0.29, 0.717) is 17.9 Å². The molecule has 4 aromatic rings. The van der Waals surface area contributed by atoms with Crippen LogP contribution in [-0.2, 0) is 26.5 Å². The molecule has 0 amide bonds. The average molecular weight is 657 g/mol. The number of nitrogens with zero attached hydrogens (tertiary/aromatic N) is 2. The van der Waals surface area contributed by atoms with E-state index in [1.165, 1.54) is 62.8 Å². The first-order chi connectivity index (χ1) is 20.4. The smallest absolute Gasteiger partial charge is 0.270 e. The zero-order valence-corrected chi connectivity index (χ0v) is 26.3. The zero-order chi connectivity index (χ0) is 31.4. The maximum atomic E-state index is 13.3. The lowest BCUT2D eigenvalue weighted by atomic mass is 10.0. The fraction of sp³-hybridized carbons (Fsp3) is 0.103. The minimum absolute atomic E-state index is 0.00489. The minimum Gasteiger partial charge on any atom is -0.497 e. The number of methoxy groups -OCH3 is 2. The number of hydrogen-bond acceptors (Lipinski definition) is 8. The van der Waals surface area contributed by atoms with Gasteiger partial charge in [-0.2, -0.15) is 0 Å². The van der Waals surface area contributed by atoms with Crippen LogP contribution in [0, 0.1) is 0 Å². The molecule has 0 bridgehead atoms. The van der Waals surface area contributed by atoms with Crippen molar-refractivity contribution >= 4 is 66.1 Å². The summed E-state index contributed by atoms with van der Waals surface area (Å²) in [6.07, 6.45) is 0.469. The van der Waals surface area contributed by atoms with Gasteiger partial charge in [0.05, 0.1) is 35.4 Å². The van der Waals surface area contributed by atoms with Gasteiger partial charge in [0, 0.05) is 0 Å². The molecule has 43 heavy (non-hydrogen) atoms. The van der Waals surface area contributed by atoms with Gasteiger partial charge in [-0.05, 0) is 115 Å². The monoisotopic (exact) mass is 656 g/mol. The number of ether oxygens (including phenoxy) is 2. The Kier molecular flexibility index (Phi) is 9.55. The Morgan fingerprint density at radius 3 is 1.14 bits per heavy atom. The Bertz CT molecular complexity index is 1690. The van der Waals surface area contributed by atoms with Crippen LogP contribution in [-0.4, -0.2) is 41.3 Å². The molecule has 0 spiro atoms. The molecule has 4 aromatic carbocycles. The van der Waals surface area contributed by atoms with Crippen LogP contribution in [0.15, 0.2) is 107 Å². The molecule has 0 unspecified atom stereocenters. The van der Waals surface area contributed by atoms with Gasteiger partial charge in [0.25, 0.3) is 20.0 Å². The maximum absolute atomic E-state index is 13.3. The van der Waals surface area contributed by atoms with Crippen molar-refractivity contribution in [2.24, 2.45) is 11.5 Å². The highest BCUT2D eigenvalue weighted by molar-refractivity contribution is 7.96. The first-order valence-corrected chi connectivity index (χ1v) is 16.2. The lowest BCUT2D eigenvalue weighted by Gasteiger charge is -2.23. The summed E-state index contributed by atoms with van der Waals surface area (Å²) in [5.41, 5.74) is 13.9. The summed E-state index contributed by atoms with van der Waals surface area (Å²) in [5, 5.41) is -0.655. The molecule has 0 aliphatic rings. The molecule has 0 saturated heterocycles. The Hall–Kier alpha value is -4.24. The number of hydrogen-bond donors (Lipinski definition) is 2. The van der Waals surface area contributed by atoms with Gasteiger partial charge in [-0.1, -0.05) is 24.3 Å². The minimum atomic E-state index is -4.08. The Morgan fingerprint density at radius 2 is 0.884 bits per heavy atom. The van der Waals surface area contributed by atoms with E-state index < -0.39 is 20.0 Å². The van der Waals surface area contributed by atoms with Crippen LogP contribution in [0.5, 0.6) is 11.5 Å². The number of thiocarbonyl (C=S) groups is 2. The van der Waals surface area contributed by atoms with E-state index in [4.69, 9.17) is 45.4 Å². The molecule has 0 radical (unpaired) electrons. The summed E-state index contributed by atoms with van der Waals surface area (Å²) in [7, 11) is -5.18. The van der Waals surface area contributed by atoms with Crippen molar-refractivity contribution in [3.8, 4) is 11.5 Å². The van der Waals surface area contributed by atoms with Crippen LogP contribution in [0.2, 0.25) is 0 Å². The van der Waals surface area contributed by atoms with Gasteiger partial charge in [-0.3, -0.25) is 0 Å². The van der Waals surface area contributed by atoms with Gasteiger partial charge >= 0.3 is 0 Å². The first-order valence-electron chi connectivity index (χ1n) is 12.5. The predicted molar refractivity (Wildman–Crippen MR) is 175 cm³/mol. The van der Waals surface area contributed by atoms with Gasteiger partial charge in [-0.25, -0.2) is 25.4 Å². The lowest BCUT2D eigenvalue weighted by molar-refractivity contribution is 0.414. The molecule has 0 atom stereocenters. The van der Waals surface area contributed by atoms with E-state index >= 15 is 0 Å². The van der Waals surface area contributed by atoms with E-state index in [1.807, 2.05) is 0 Å². The van der Waals surface area contributed by atoms with Gasteiger partial charge < -0.3 is 20.9 Å². The summed E-state index contributed by atoms with van der Waals surface area (Å²) in [5.74, 6) is 1.02. The summed E-state index contributed by atoms with van der Waals surface area (Å²) in [6.45, 7) is 0. The molecule has 0 aromatic heterocycles. The second kappa shape index (κ2) is 13.0. The third-order valence-electron chi connectivity index (χ3n) is 6.35. The van der Waals surface area contributed by atoms with Crippen molar-refractivity contribution in [1.82, 2.24) is 0 Å². The molecule has 0 aliphatic heterocycles. The van der Waals surface area contributed by atoms with Gasteiger partial charge in [0.1, 0.15) is 11.5 Å². The standard InChI is InChI=1S/C29H28N4O6S4/c1-38-24-11-15-26(16-12-24)42(34,35)32(28(30)40)22-7-3-20(4-8-22)19-21-5-9-23(10-6-21)33(29(31)41)43(36,37)27-17-13-25(39-2)14-18-27/h3-18H,19H2,1-2H3,(H2,30,40)(H2,31,41). The first kappa shape index (κ1) is 31.7. The molecule has 0 heterocycles. The van der Waals surface area contributed by atoms with Crippen LogP contribution < -0.4 is 29.6 Å². The van der Waals surface area contributed by atoms with E-state index in [0.717, 1.165) is 19.7 Å². The van der Waals surface area contributed by atoms with Crippen LogP contribution >= 0.6 is 24.4 Å². The molecule has 4 N–H and O–H groups in total. The summed E-state index contributed by atoms with van der Waals surface area (Å²) in [6, 6.07) is 25.3. The number of nitrogens with two attached hydrogens (primary N) is 2. The van der Waals surface area contributed by atoms with Crippen molar-refractivity contribution in [2.45, 2.75) is 16.2 Å². The van der Waals surface area contributed by atoms with Crippen molar-refractivity contribution in [1.29, 1.82) is 0 Å². The highest BCUT2D eigenvalue weighted by atomic mass is 32.2. The highest BCUT2D eigenvalue weighted by Gasteiger charge is 2.29. The van der Waals surface area contributed by atoms with E-state index in [2.05, 4.69) is 0 Å². The van der Waals surface area contributed by atoms with Crippen LogP contribution in [0.1, 0.15) is 11.1 Å².